The molecule has 0 fully saturated rings. The van der Waals surface area contributed by atoms with Crippen molar-refractivity contribution in [1.82, 2.24) is 19.1 Å². The first-order valence-corrected chi connectivity index (χ1v) is 12.9. The third kappa shape index (κ3) is 4.77. The highest BCUT2D eigenvalue weighted by Crippen LogP contribution is 2.32. The van der Waals surface area contributed by atoms with Crippen molar-refractivity contribution in [3.63, 3.8) is 0 Å². The Labute approximate surface area is 228 Å². The van der Waals surface area contributed by atoms with Gasteiger partial charge in [-0.05, 0) is 35.6 Å². The van der Waals surface area contributed by atoms with Gasteiger partial charge in [-0.25, -0.2) is 32.1 Å². The summed E-state index contributed by atoms with van der Waals surface area (Å²) in [6.07, 6.45) is 4.44. The minimum Gasteiger partial charge on any atom is -0.465 e. The van der Waals surface area contributed by atoms with Crippen LogP contribution >= 0.6 is 11.8 Å². The van der Waals surface area contributed by atoms with E-state index in [-0.39, 0.29) is 16.4 Å². The Hall–Kier alpha value is -4.71. The van der Waals surface area contributed by atoms with Crippen LogP contribution in [0.3, 0.4) is 0 Å². The zero-order valence-electron chi connectivity index (χ0n) is 21.0. The van der Waals surface area contributed by atoms with Gasteiger partial charge in [-0.3, -0.25) is 9.55 Å². The maximum absolute atomic E-state index is 14.5. The first kappa shape index (κ1) is 26.9. The average molecular weight is 565 g/mol. The molecule has 0 aliphatic heterocycles. The van der Waals surface area contributed by atoms with Crippen molar-refractivity contribution in [1.29, 1.82) is 0 Å². The standard InChI is InChI=1S/C28H19F3N4O4S/c1-39-25(36)16-6-3-5-15(9-16)19-8-4-7-17-12-32-13-23(24(17)19)35-26(37)33-27(40-2)34(28(35)38)14-18-10-21(30)22(31)11-20(18)29/h3-13H,14H2,1-2H3. The van der Waals surface area contributed by atoms with Gasteiger partial charge in [0.2, 0.25) is 0 Å². The molecule has 0 saturated heterocycles. The van der Waals surface area contributed by atoms with Crippen LogP contribution in [0.5, 0.6) is 0 Å². The Morgan fingerprint density at radius 2 is 1.73 bits per heavy atom. The Kier molecular flexibility index (Phi) is 7.26. The summed E-state index contributed by atoms with van der Waals surface area (Å²) in [5.41, 5.74) is -0.534. The van der Waals surface area contributed by atoms with Gasteiger partial charge in [-0.1, -0.05) is 42.1 Å². The van der Waals surface area contributed by atoms with E-state index in [0.717, 1.165) is 20.9 Å². The summed E-state index contributed by atoms with van der Waals surface area (Å²) in [7, 11) is 1.27. The van der Waals surface area contributed by atoms with E-state index in [1.165, 1.54) is 13.3 Å². The number of esters is 1. The molecule has 0 radical (unpaired) electrons. The van der Waals surface area contributed by atoms with Gasteiger partial charge in [0, 0.05) is 28.6 Å². The van der Waals surface area contributed by atoms with E-state index < -0.39 is 41.3 Å². The zero-order valence-corrected chi connectivity index (χ0v) is 21.8. The third-order valence-corrected chi connectivity index (χ3v) is 6.91. The largest absolute Gasteiger partial charge is 0.465 e. The molecular weight excluding hydrogens is 545 g/mol. The van der Waals surface area contributed by atoms with Crippen molar-refractivity contribution in [3.8, 4) is 16.8 Å². The summed E-state index contributed by atoms with van der Waals surface area (Å²) in [5, 5.41) is 0.995. The van der Waals surface area contributed by atoms with Crippen LogP contribution in [0.25, 0.3) is 27.6 Å². The number of carbonyl (C=O) groups excluding carboxylic acids is 1. The summed E-state index contributed by atoms with van der Waals surface area (Å²) in [5.74, 6) is -4.25. The first-order chi connectivity index (χ1) is 19.2. The van der Waals surface area contributed by atoms with Crippen molar-refractivity contribution >= 4 is 28.5 Å². The quantitative estimate of drug-likeness (QED) is 0.169. The molecular formula is C28H19F3N4O4S. The number of fused-ring (bicyclic) bond motifs is 1. The number of hydrogen-bond acceptors (Lipinski definition) is 7. The number of aromatic nitrogens is 4. The molecule has 202 valence electrons. The molecule has 40 heavy (non-hydrogen) atoms. The number of halogens is 3. The minimum atomic E-state index is -1.37. The van der Waals surface area contributed by atoms with Crippen LogP contribution in [-0.2, 0) is 11.3 Å². The SMILES string of the molecule is COC(=O)c1cccc(-c2cccc3cncc(-n4c(=O)nc(SC)n(Cc5cc(F)c(F)cc5F)c4=O)c23)c1. The Morgan fingerprint density at radius 1 is 0.975 bits per heavy atom. The van der Waals surface area contributed by atoms with Crippen molar-refractivity contribution in [2.45, 2.75) is 11.7 Å². The molecule has 0 amide bonds. The highest BCUT2D eigenvalue weighted by atomic mass is 32.2. The summed E-state index contributed by atoms with van der Waals surface area (Å²) in [4.78, 5) is 47.4. The molecule has 2 heterocycles. The number of pyridine rings is 1. The lowest BCUT2D eigenvalue weighted by Crippen LogP contribution is -2.41. The van der Waals surface area contributed by atoms with E-state index in [0.29, 0.717) is 39.6 Å². The molecule has 2 aromatic heterocycles. The van der Waals surface area contributed by atoms with Gasteiger partial charge < -0.3 is 4.74 Å². The number of carbonyl (C=O) groups is 1. The number of hydrogen-bond donors (Lipinski definition) is 0. The number of benzene rings is 3. The van der Waals surface area contributed by atoms with Crippen LogP contribution in [0.15, 0.2) is 81.7 Å². The molecule has 12 heteroatoms. The second-order valence-corrected chi connectivity index (χ2v) is 9.35. The Bertz CT molecular complexity index is 1920. The van der Waals surface area contributed by atoms with Crippen LogP contribution in [0.1, 0.15) is 15.9 Å². The van der Waals surface area contributed by atoms with E-state index in [9.17, 15) is 27.6 Å². The van der Waals surface area contributed by atoms with Gasteiger partial charge in [0.25, 0.3) is 0 Å². The molecule has 3 aromatic carbocycles. The Balaban J connectivity index is 1.77. The highest BCUT2D eigenvalue weighted by molar-refractivity contribution is 7.98. The lowest BCUT2D eigenvalue weighted by atomic mass is 9.97. The molecule has 0 atom stereocenters. The van der Waals surface area contributed by atoms with Crippen LogP contribution in [0.2, 0.25) is 0 Å². The molecule has 0 unspecified atom stereocenters. The van der Waals surface area contributed by atoms with Crippen molar-refractivity contribution in [2.24, 2.45) is 0 Å². The van der Waals surface area contributed by atoms with Gasteiger partial charge in [0.1, 0.15) is 5.82 Å². The second kappa shape index (κ2) is 10.8. The van der Waals surface area contributed by atoms with E-state index >= 15 is 0 Å². The van der Waals surface area contributed by atoms with Crippen molar-refractivity contribution < 1.29 is 22.7 Å². The molecule has 0 N–H and O–H groups in total. The molecule has 0 aliphatic rings. The maximum Gasteiger partial charge on any atom is 0.358 e. The summed E-state index contributed by atoms with van der Waals surface area (Å²) >= 11 is 0.959. The lowest BCUT2D eigenvalue weighted by Gasteiger charge is -2.16. The summed E-state index contributed by atoms with van der Waals surface area (Å²) in [6, 6.07) is 12.9. The number of ether oxygens (including phenoxy) is 1. The van der Waals surface area contributed by atoms with Gasteiger partial charge >= 0.3 is 17.3 Å². The van der Waals surface area contributed by atoms with Gasteiger partial charge in [0.15, 0.2) is 16.8 Å². The third-order valence-electron chi connectivity index (χ3n) is 6.23. The molecule has 5 rings (SSSR count). The fourth-order valence-electron chi connectivity index (χ4n) is 4.39. The molecule has 0 bridgehead atoms. The normalized spacial score (nSPS) is 11.1. The number of nitrogens with zero attached hydrogens (tertiary/aromatic N) is 4. The smallest absolute Gasteiger partial charge is 0.358 e. The average Bonchev–Trinajstić information content (AvgIpc) is 2.96. The fourth-order valence-corrected chi connectivity index (χ4v) is 4.92. The fraction of sp³-hybridized carbons (Fsp3) is 0.107. The van der Waals surface area contributed by atoms with Crippen LogP contribution in [0, 0.1) is 17.5 Å². The lowest BCUT2D eigenvalue weighted by molar-refractivity contribution is 0.0600. The molecule has 5 aromatic rings. The molecule has 0 aliphatic carbocycles. The second-order valence-electron chi connectivity index (χ2n) is 8.58. The van der Waals surface area contributed by atoms with E-state index in [4.69, 9.17) is 4.74 Å². The summed E-state index contributed by atoms with van der Waals surface area (Å²) < 4.78 is 48.5. The van der Waals surface area contributed by atoms with E-state index in [2.05, 4.69) is 9.97 Å². The highest BCUT2D eigenvalue weighted by Gasteiger charge is 2.20. The van der Waals surface area contributed by atoms with Crippen LogP contribution < -0.4 is 11.4 Å². The van der Waals surface area contributed by atoms with Crippen LogP contribution in [-0.4, -0.2) is 38.4 Å². The predicted octanol–water partition coefficient (Wildman–Crippen LogP) is 4.58. The first-order valence-electron chi connectivity index (χ1n) is 11.7. The van der Waals surface area contributed by atoms with Crippen molar-refractivity contribution in [2.75, 3.05) is 13.4 Å². The maximum atomic E-state index is 14.5. The van der Waals surface area contributed by atoms with Crippen LogP contribution in [0.4, 0.5) is 13.2 Å². The minimum absolute atomic E-state index is 0.0467. The molecule has 0 saturated carbocycles. The molecule has 0 spiro atoms. The predicted molar refractivity (Wildman–Crippen MR) is 143 cm³/mol. The number of methoxy groups -OCH3 is 1. The zero-order chi connectivity index (χ0) is 28.6. The van der Waals surface area contributed by atoms with Crippen molar-refractivity contribution in [3.05, 3.63) is 117 Å². The van der Waals surface area contributed by atoms with Gasteiger partial charge in [-0.15, -0.1) is 0 Å². The van der Waals surface area contributed by atoms with Gasteiger partial charge in [-0.2, -0.15) is 4.98 Å². The monoisotopic (exact) mass is 564 g/mol. The molecule has 8 nitrogen and oxygen atoms in total. The summed E-state index contributed by atoms with van der Waals surface area (Å²) in [6.45, 7) is -0.516. The Morgan fingerprint density at radius 3 is 2.48 bits per heavy atom. The van der Waals surface area contributed by atoms with E-state index in [1.807, 2.05) is 0 Å². The topological polar surface area (TPSA) is 96.1 Å². The number of rotatable bonds is 6. The van der Waals surface area contributed by atoms with E-state index in [1.54, 1.807) is 54.9 Å². The van der Waals surface area contributed by atoms with Gasteiger partial charge in [0.05, 0.1) is 31.1 Å². The number of thioether (sulfide) groups is 1.